The molecule has 94 valence electrons. The summed E-state index contributed by atoms with van der Waals surface area (Å²) >= 11 is 0. The Labute approximate surface area is 102 Å². The second-order valence-corrected chi connectivity index (χ2v) is 5.02. The number of benzene rings is 1. The third-order valence-corrected chi connectivity index (χ3v) is 3.57. The first kappa shape index (κ1) is 12.4. The summed E-state index contributed by atoms with van der Waals surface area (Å²) < 4.78 is 13.7. The minimum atomic E-state index is -0.759. The lowest BCUT2D eigenvalue weighted by Crippen LogP contribution is -2.33. The number of halogens is 1. The summed E-state index contributed by atoms with van der Waals surface area (Å²) in [5, 5.41) is 9.70. The zero-order valence-corrected chi connectivity index (χ0v) is 10.5. The van der Waals surface area contributed by atoms with Crippen molar-refractivity contribution in [2.45, 2.75) is 32.8 Å². The van der Waals surface area contributed by atoms with Crippen molar-refractivity contribution in [3.63, 3.8) is 0 Å². The maximum Gasteiger partial charge on any atom is 0.131 e. The molecule has 2 rings (SSSR count). The Morgan fingerprint density at radius 3 is 2.59 bits per heavy atom. The second kappa shape index (κ2) is 5.05. The number of aliphatic hydroxyl groups excluding tert-OH is 1. The molecule has 3 heteroatoms. The first-order chi connectivity index (χ1) is 8.09. The van der Waals surface area contributed by atoms with E-state index in [1.807, 2.05) is 6.07 Å². The topological polar surface area (TPSA) is 23.5 Å². The summed E-state index contributed by atoms with van der Waals surface area (Å²) in [6.45, 7) is 5.77. The fraction of sp³-hybridized carbons (Fsp3) is 0.571. The summed E-state index contributed by atoms with van der Waals surface area (Å²) in [5.41, 5.74) is 1.29. The normalized spacial score (nSPS) is 19.4. The molecule has 1 aromatic carbocycles. The maximum atomic E-state index is 13.7. The third-order valence-electron chi connectivity index (χ3n) is 3.57. The molecule has 1 aromatic rings. The second-order valence-electron chi connectivity index (χ2n) is 5.02. The number of piperidine rings is 1. The molecule has 0 aromatic heterocycles. The van der Waals surface area contributed by atoms with Gasteiger partial charge in [0.15, 0.2) is 0 Å². The lowest BCUT2D eigenvalue weighted by Gasteiger charge is -2.34. The highest BCUT2D eigenvalue weighted by Gasteiger charge is 2.21. The summed E-state index contributed by atoms with van der Waals surface area (Å²) in [5.74, 6) is 0.436. The van der Waals surface area contributed by atoms with Crippen LogP contribution in [-0.2, 0) is 0 Å². The number of aliphatic hydroxyl groups is 1. The molecule has 1 aliphatic heterocycles. The minimum Gasteiger partial charge on any atom is -0.389 e. The predicted molar refractivity (Wildman–Crippen MR) is 67.6 cm³/mol. The van der Waals surface area contributed by atoms with Crippen molar-refractivity contribution in [1.29, 1.82) is 0 Å². The molecular weight excluding hydrogens is 217 g/mol. The van der Waals surface area contributed by atoms with Crippen molar-refractivity contribution in [2.75, 3.05) is 18.0 Å². The van der Waals surface area contributed by atoms with Gasteiger partial charge in [0.05, 0.1) is 6.10 Å². The van der Waals surface area contributed by atoms with Crippen LogP contribution in [0.2, 0.25) is 0 Å². The van der Waals surface area contributed by atoms with Crippen LogP contribution in [0.15, 0.2) is 18.2 Å². The molecular formula is C14H20FNO. The van der Waals surface area contributed by atoms with Crippen LogP contribution in [0.5, 0.6) is 0 Å². The van der Waals surface area contributed by atoms with Gasteiger partial charge in [0, 0.05) is 24.3 Å². The lowest BCUT2D eigenvalue weighted by molar-refractivity contribution is 0.194. The van der Waals surface area contributed by atoms with Crippen LogP contribution in [0, 0.1) is 11.7 Å². The molecule has 1 heterocycles. The van der Waals surface area contributed by atoms with Crippen LogP contribution in [-0.4, -0.2) is 18.2 Å². The van der Waals surface area contributed by atoms with Crippen molar-refractivity contribution in [2.24, 2.45) is 5.92 Å². The fourth-order valence-corrected chi connectivity index (χ4v) is 2.46. The molecule has 1 aliphatic rings. The Kier molecular flexibility index (Phi) is 3.67. The van der Waals surface area contributed by atoms with Gasteiger partial charge in [-0.2, -0.15) is 0 Å². The Morgan fingerprint density at radius 2 is 2.00 bits per heavy atom. The molecule has 1 atom stereocenters. The molecule has 0 unspecified atom stereocenters. The Balaban J connectivity index is 2.28. The molecule has 0 aliphatic carbocycles. The Morgan fingerprint density at radius 1 is 1.35 bits per heavy atom. The molecule has 1 saturated heterocycles. The van der Waals surface area contributed by atoms with Gasteiger partial charge >= 0.3 is 0 Å². The van der Waals surface area contributed by atoms with Crippen molar-refractivity contribution in [3.8, 4) is 0 Å². The van der Waals surface area contributed by atoms with Gasteiger partial charge < -0.3 is 10.0 Å². The van der Waals surface area contributed by atoms with E-state index >= 15 is 0 Å². The van der Waals surface area contributed by atoms with Crippen molar-refractivity contribution >= 4 is 5.69 Å². The monoisotopic (exact) mass is 237 g/mol. The SMILES string of the molecule is CC1CCN(c2cccc(F)c2[C@@H](C)O)CC1. The minimum absolute atomic E-state index is 0.309. The van der Waals surface area contributed by atoms with E-state index in [0.29, 0.717) is 5.56 Å². The van der Waals surface area contributed by atoms with E-state index in [4.69, 9.17) is 0 Å². The van der Waals surface area contributed by atoms with Crippen LogP contribution in [0.1, 0.15) is 38.4 Å². The van der Waals surface area contributed by atoms with E-state index in [-0.39, 0.29) is 5.82 Å². The van der Waals surface area contributed by atoms with Gasteiger partial charge in [-0.25, -0.2) is 4.39 Å². The molecule has 17 heavy (non-hydrogen) atoms. The van der Waals surface area contributed by atoms with Gasteiger partial charge in [-0.3, -0.25) is 0 Å². The average Bonchev–Trinajstić information content (AvgIpc) is 2.29. The molecule has 0 amide bonds. The quantitative estimate of drug-likeness (QED) is 0.854. The highest BCUT2D eigenvalue weighted by Crippen LogP contribution is 2.31. The third kappa shape index (κ3) is 2.60. The van der Waals surface area contributed by atoms with E-state index in [1.54, 1.807) is 13.0 Å². The van der Waals surface area contributed by atoms with Crippen molar-refractivity contribution in [1.82, 2.24) is 0 Å². The fourth-order valence-electron chi connectivity index (χ4n) is 2.46. The highest BCUT2D eigenvalue weighted by molar-refractivity contribution is 5.55. The summed E-state index contributed by atoms with van der Waals surface area (Å²) in [6.07, 6.45) is 1.51. The first-order valence-corrected chi connectivity index (χ1v) is 6.31. The Bertz CT molecular complexity index is 384. The number of hydrogen-bond donors (Lipinski definition) is 1. The molecule has 1 fully saturated rings. The van der Waals surface area contributed by atoms with E-state index < -0.39 is 6.10 Å². The van der Waals surface area contributed by atoms with E-state index in [2.05, 4.69) is 11.8 Å². The van der Waals surface area contributed by atoms with Crippen LogP contribution in [0.3, 0.4) is 0 Å². The Hall–Kier alpha value is -1.09. The van der Waals surface area contributed by atoms with Crippen LogP contribution < -0.4 is 4.90 Å². The molecule has 0 radical (unpaired) electrons. The van der Waals surface area contributed by atoms with Gasteiger partial charge in [0.25, 0.3) is 0 Å². The van der Waals surface area contributed by atoms with Crippen molar-refractivity contribution < 1.29 is 9.50 Å². The van der Waals surface area contributed by atoms with Crippen LogP contribution in [0.4, 0.5) is 10.1 Å². The summed E-state index contributed by atoms with van der Waals surface area (Å²) in [7, 11) is 0. The van der Waals surface area contributed by atoms with Crippen molar-refractivity contribution in [3.05, 3.63) is 29.6 Å². The number of hydrogen-bond acceptors (Lipinski definition) is 2. The van der Waals surface area contributed by atoms with Crippen LogP contribution >= 0.6 is 0 Å². The molecule has 0 bridgehead atoms. The largest absolute Gasteiger partial charge is 0.389 e. The summed E-state index contributed by atoms with van der Waals surface area (Å²) in [6, 6.07) is 5.04. The van der Waals surface area contributed by atoms with E-state index in [0.717, 1.165) is 37.5 Å². The standard InChI is InChI=1S/C14H20FNO/c1-10-6-8-16(9-7-10)13-5-3-4-12(15)14(13)11(2)17/h3-5,10-11,17H,6-9H2,1-2H3/t11-/m1/s1. The average molecular weight is 237 g/mol. The smallest absolute Gasteiger partial charge is 0.131 e. The summed E-state index contributed by atoms with van der Waals surface area (Å²) in [4.78, 5) is 2.19. The molecule has 0 spiro atoms. The zero-order chi connectivity index (χ0) is 12.4. The lowest BCUT2D eigenvalue weighted by atomic mass is 9.97. The number of nitrogens with zero attached hydrogens (tertiary/aromatic N) is 1. The van der Waals surface area contributed by atoms with Crippen LogP contribution in [0.25, 0.3) is 0 Å². The van der Waals surface area contributed by atoms with Gasteiger partial charge in [-0.1, -0.05) is 13.0 Å². The van der Waals surface area contributed by atoms with E-state index in [1.165, 1.54) is 6.07 Å². The van der Waals surface area contributed by atoms with E-state index in [9.17, 15) is 9.50 Å². The maximum absolute atomic E-state index is 13.7. The zero-order valence-electron chi connectivity index (χ0n) is 10.5. The van der Waals surface area contributed by atoms with Gasteiger partial charge in [-0.05, 0) is 37.8 Å². The first-order valence-electron chi connectivity index (χ1n) is 6.31. The van der Waals surface area contributed by atoms with Gasteiger partial charge in [0.1, 0.15) is 5.82 Å². The molecule has 0 saturated carbocycles. The van der Waals surface area contributed by atoms with Gasteiger partial charge in [0.2, 0.25) is 0 Å². The molecule has 1 N–H and O–H groups in total. The predicted octanol–water partition coefficient (Wildman–Crippen LogP) is 3.12. The number of anilines is 1. The number of rotatable bonds is 2. The van der Waals surface area contributed by atoms with Gasteiger partial charge in [-0.15, -0.1) is 0 Å². The highest BCUT2D eigenvalue weighted by atomic mass is 19.1. The molecule has 2 nitrogen and oxygen atoms in total.